The Morgan fingerprint density at radius 2 is 1.45 bits per heavy atom. The van der Waals surface area contributed by atoms with Gasteiger partial charge in [0, 0.05) is 18.7 Å². The lowest BCUT2D eigenvalue weighted by molar-refractivity contribution is -0.140. The van der Waals surface area contributed by atoms with Crippen molar-refractivity contribution < 1.29 is 32.2 Å². The SMILES string of the molecule is CC[C@H](C)NC(=O)[C@H](CC)N(Cc1ccc(OC)cc1)C(=O)CN(c1cc(OC)ccc1OC)S(=O)(=O)c1ccc(C)cc1. The van der Waals surface area contributed by atoms with Crippen LogP contribution in [0.15, 0.2) is 71.6 Å². The van der Waals surface area contributed by atoms with E-state index in [9.17, 15) is 18.0 Å². The van der Waals surface area contributed by atoms with Gasteiger partial charge in [-0.05, 0) is 68.7 Å². The first-order chi connectivity index (χ1) is 21.0. The van der Waals surface area contributed by atoms with E-state index in [0.29, 0.717) is 24.3 Å². The highest BCUT2D eigenvalue weighted by Crippen LogP contribution is 2.36. The second kappa shape index (κ2) is 15.5. The summed E-state index contributed by atoms with van der Waals surface area (Å²) in [4.78, 5) is 29.3. The minimum atomic E-state index is -4.28. The fraction of sp³-hybridized carbons (Fsp3) is 0.394. The Balaban J connectivity index is 2.14. The normalized spacial score (nSPS) is 12.5. The van der Waals surface area contributed by atoms with E-state index in [2.05, 4.69) is 5.32 Å². The topological polar surface area (TPSA) is 114 Å². The summed E-state index contributed by atoms with van der Waals surface area (Å²) in [7, 11) is 0.170. The van der Waals surface area contributed by atoms with Crippen molar-refractivity contribution >= 4 is 27.5 Å². The molecule has 3 aromatic carbocycles. The van der Waals surface area contributed by atoms with Crippen LogP contribution < -0.4 is 23.8 Å². The molecule has 0 aromatic heterocycles. The molecule has 11 heteroatoms. The van der Waals surface area contributed by atoms with Crippen molar-refractivity contribution in [3.05, 3.63) is 77.9 Å². The summed E-state index contributed by atoms with van der Waals surface area (Å²) < 4.78 is 45.7. The van der Waals surface area contributed by atoms with E-state index in [1.54, 1.807) is 43.5 Å². The largest absolute Gasteiger partial charge is 0.497 e. The zero-order chi connectivity index (χ0) is 32.4. The minimum Gasteiger partial charge on any atom is -0.497 e. The maximum atomic E-state index is 14.3. The number of nitrogens with zero attached hydrogens (tertiary/aromatic N) is 2. The summed E-state index contributed by atoms with van der Waals surface area (Å²) in [5, 5.41) is 2.98. The first kappa shape index (κ1) is 34.2. The van der Waals surface area contributed by atoms with E-state index in [4.69, 9.17) is 14.2 Å². The number of hydrogen-bond donors (Lipinski definition) is 1. The van der Waals surface area contributed by atoms with Gasteiger partial charge in [0.2, 0.25) is 11.8 Å². The molecule has 0 saturated carbocycles. The van der Waals surface area contributed by atoms with Gasteiger partial charge in [-0.1, -0.05) is 43.7 Å². The molecule has 0 radical (unpaired) electrons. The Morgan fingerprint density at radius 1 is 0.841 bits per heavy atom. The molecule has 3 aromatic rings. The van der Waals surface area contributed by atoms with Gasteiger partial charge in [-0.3, -0.25) is 13.9 Å². The average Bonchev–Trinajstić information content (AvgIpc) is 3.03. The molecule has 1 N–H and O–H groups in total. The second-order valence-electron chi connectivity index (χ2n) is 10.5. The molecule has 0 aliphatic heterocycles. The van der Waals surface area contributed by atoms with Gasteiger partial charge in [0.15, 0.2) is 0 Å². The number of amides is 2. The molecule has 238 valence electrons. The molecular weight excluding hydrogens is 582 g/mol. The molecule has 2 atom stereocenters. The van der Waals surface area contributed by atoms with Gasteiger partial charge in [-0.25, -0.2) is 8.42 Å². The number of ether oxygens (including phenoxy) is 3. The maximum Gasteiger partial charge on any atom is 0.264 e. The summed E-state index contributed by atoms with van der Waals surface area (Å²) in [5.74, 6) is 0.390. The first-order valence-corrected chi connectivity index (χ1v) is 16.0. The van der Waals surface area contributed by atoms with E-state index < -0.39 is 28.5 Å². The van der Waals surface area contributed by atoms with Gasteiger partial charge < -0.3 is 24.4 Å². The molecule has 0 bridgehead atoms. The smallest absolute Gasteiger partial charge is 0.264 e. The van der Waals surface area contributed by atoms with E-state index in [-0.39, 0.29) is 34.8 Å². The van der Waals surface area contributed by atoms with Crippen molar-refractivity contribution in [3.8, 4) is 17.2 Å². The summed E-state index contributed by atoms with van der Waals surface area (Å²) in [6.45, 7) is 7.01. The van der Waals surface area contributed by atoms with Crippen LogP contribution in [0, 0.1) is 6.92 Å². The van der Waals surface area contributed by atoms with Gasteiger partial charge in [0.05, 0.1) is 31.9 Å². The van der Waals surface area contributed by atoms with Gasteiger partial charge in [-0.15, -0.1) is 0 Å². The monoisotopic (exact) mass is 625 g/mol. The number of hydrogen-bond acceptors (Lipinski definition) is 7. The van der Waals surface area contributed by atoms with Gasteiger partial charge in [-0.2, -0.15) is 0 Å². The fourth-order valence-corrected chi connectivity index (χ4v) is 6.05. The number of methoxy groups -OCH3 is 3. The highest BCUT2D eigenvalue weighted by atomic mass is 32.2. The zero-order valence-corrected chi connectivity index (χ0v) is 27.3. The molecular formula is C33H43N3O7S. The van der Waals surface area contributed by atoms with Crippen LogP contribution >= 0.6 is 0 Å². The number of rotatable bonds is 15. The van der Waals surface area contributed by atoms with Crippen molar-refractivity contribution in [2.45, 2.75) is 64.1 Å². The summed E-state index contributed by atoms with van der Waals surface area (Å²) in [5.41, 5.74) is 1.76. The molecule has 44 heavy (non-hydrogen) atoms. The van der Waals surface area contributed by atoms with Crippen LogP contribution in [0.25, 0.3) is 0 Å². The highest BCUT2D eigenvalue weighted by Gasteiger charge is 2.35. The van der Waals surface area contributed by atoms with Gasteiger partial charge >= 0.3 is 0 Å². The fourth-order valence-electron chi connectivity index (χ4n) is 4.63. The van der Waals surface area contributed by atoms with Crippen LogP contribution in [0.1, 0.15) is 44.7 Å². The number of aryl methyl sites for hydroxylation is 1. The predicted molar refractivity (Wildman–Crippen MR) is 171 cm³/mol. The van der Waals surface area contributed by atoms with E-state index in [1.807, 2.05) is 39.8 Å². The average molecular weight is 626 g/mol. The van der Waals surface area contributed by atoms with Crippen LogP contribution in [0.4, 0.5) is 5.69 Å². The molecule has 0 fully saturated rings. The summed E-state index contributed by atoms with van der Waals surface area (Å²) >= 11 is 0. The first-order valence-electron chi connectivity index (χ1n) is 14.5. The second-order valence-corrected chi connectivity index (χ2v) is 12.3. The third-order valence-corrected chi connectivity index (χ3v) is 9.22. The lowest BCUT2D eigenvalue weighted by Crippen LogP contribution is -2.53. The highest BCUT2D eigenvalue weighted by molar-refractivity contribution is 7.92. The molecule has 0 aliphatic carbocycles. The quantitative estimate of drug-likeness (QED) is 0.255. The number of anilines is 1. The van der Waals surface area contributed by atoms with Crippen molar-refractivity contribution in [1.82, 2.24) is 10.2 Å². The zero-order valence-electron chi connectivity index (χ0n) is 26.5. The molecule has 0 spiro atoms. The Bertz CT molecular complexity index is 1510. The van der Waals surface area contributed by atoms with E-state index >= 15 is 0 Å². The number of nitrogens with one attached hydrogen (secondary N) is 1. The van der Waals surface area contributed by atoms with Gasteiger partial charge in [0.1, 0.15) is 29.8 Å². The third kappa shape index (κ3) is 8.22. The number of carbonyl (C=O) groups excluding carboxylic acids is 2. The van der Waals surface area contributed by atoms with Crippen LogP contribution in [0.5, 0.6) is 17.2 Å². The summed E-state index contributed by atoms with van der Waals surface area (Å²) in [6.07, 6.45) is 1.03. The van der Waals surface area contributed by atoms with Crippen LogP contribution in [-0.2, 0) is 26.2 Å². The standard InChI is InChI=1S/C33H43N3O7S/c1-8-24(4)34-33(38)29(9-2)35(21-25-12-14-26(41-5)15-13-25)32(37)22-36(30-20-27(42-6)16-19-31(30)43-7)44(39,40)28-17-10-23(3)11-18-28/h10-20,24,29H,8-9,21-22H2,1-7H3,(H,34,38)/t24-,29-/m0/s1. The van der Waals surface area contributed by atoms with Crippen molar-refractivity contribution in [2.75, 3.05) is 32.2 Å². The van der Waals surface area contributed by atoms with Crippen LogP contribution in [-0.4, -0.2) is 65.1 Å². The summed E-state index contributed by atoms with van der Waals surface area (Å²) in [6, 6.07) is 17.3. The van der Waals surface area contributed by atoms with E-state index in [1.165, 1.54) is 37.3 Å². The van der Waals surface area contributed by atoms with Gasteiger partial charge in [0.25, 0.3) is 10.0 Å². The maximum absolute atomic E-state index is 14.3. The number of benzene rings is 3. The molecule has 0 unspecified atom stereocenters. The predicted octanol–water partition coefficient (Wildman–Crippen LogP) is 4.94. The van der Waals surface area contributed by atoms with Crippen LogP contribution in [0.3, 0.4) is 0 Å². The molecule has 0 aliphatic rings. The Labute approximate surface area is 261 Å². The Morgan fingerprint density at radius 3 is 2.00 bits per heavy atom. The Hall–Kier alpha value is -4.25. The number of carbonyl (C=O) groups is 2. The van der Waals surface area contributed by atoms with Crippen molar-refractivity contribution in [1.29, 1.82) is 0 Å². The molecule has 10 nitrogen and oxygen atoms in total. The van der Waals surface area contributed by atoms with Crippen molar-refractivity contribution in [3.63, 3.8) is 0 Å². The molecule has 0 heterocycles. The van der Waals surface area contributed by atoms with E-state index in [0.717, 1.165) is 15.4 Å². The molecule has 2 amide bonds. The molecule has 3 rings (SSSR count). The minimum absolute atomic E-state index is 0.00373. The lowest BCUT2D eigenvalue weighted by Gasteiger charge is -2.34. The Kier molecular flexibility index (Phi) is 12.0. The van der Waals surface area contributed by atoms with Crippen LogP contribution in [0.2, 0.25) is 0 Å². The number of sulfonamides is 1. The third-order valence-electron chi connectivity index (χ3n) is 7.44. The van der Waals surface area contributed by atoms with Crippen molar-refractivity contribution in [2.24, 2.45) is 0 Å². The molecule has 0 saturated heterocycles. The lowest BCUT2D eigenvalue weighted by atomic mass is 10.1.